The Bertz CT molecular complexity index is 983. The molecular formula is C20H24FN5OS. The Kier molecular flexibility index (Phi) is 6.17. The highest BCUT2D eigenvalue weighted by atomic mass is 32.3. The number of hydrogen-bond acceptors (Lipinski definition) is 4. The van der Waals surface area contributed by atoms with Crippen molar-refractivity contribution in [2.75, 3.05) is 31.1 Å². The maximum atomic E-state index is 13.5. The Balaban J connectivity index is 1.72. The maximum Gasteiger partial charge on any atom is 0.141 e. The van der Waals surface area contributed by atoms with Crippen molar-refractivity contribution in [1.82, 2.24) is 20.0 Å². The normalized spacial score (nSPS) is 12.1. The largest absolute Gasteiger partial charge is 0.358 e. The van der Waals surface area contributed by atoms with Crippen LogP contribution in [-0.4, -0.2) is 51.1 Å². The third-order valence-corrected chi connectivity index (χ3v) is 5.59. The van der Waals surface area contributed by atoms with E-state index in [9.17, 15) is 9.65 Å². The number of ether oxygens (including phenoxy) is 1. The molecule has 0 aliphatic heterocycles. The second-order valence-corrected chi connectivity index (χ2v) is 12.0. The average molecular weight is 402 g/mol. The molecule has 148 valence electrons. The number of rotatable bonds is 8. The van der Waals surface area contributed by atoms with Gasteiger partial charge in [0.15, 0.2) is 0 Å². The van der Waals surface area contributed by atoms with Crippen LogP contribution >= 0.6 is 10.0 Å². The fraction of sp³-hybridized carbons (Fsp3) is 0.350. The highest BCUT2D eigenvalue weighted by Crippen LogP contribution is 2.33. The summed E-state index contributed by atoms with van der Waals surface area (Å²) in [5.74, 6) is 0.706. The molecule has 0 saturated heterocycles. The van der Waals surface area contributed by atoms with Gasteiger partial charge in [0, 0.05) is 23.3 Å². The van der Waals surface area contributed by atoms with Crippen molar-refractivity contribution in [3.05, 3.63) is 59.3 Å². The van der Waals surface area contributed by atoms with Crippen molar-refractivity contribution in [1.29, 1.82) is 5.26 Å². The van der Waals surface area contributed by atoms with Crippen molar-refractivity contribution in [2.45, 2.75) is 13.2 Å². The van der Waals surface area contributed by atoms with Gasteiger partial charge in [-0.2, -0.15) is 15.5 Å². The van der Waals surface area contributed by atoms with Crippen molar-refractivity contribution < 1.29 is 9.13 Å². The number of halogens is 1. The molecule has 8 heteroatoms. The molecule has 0 radical (unpaired) electrons. The van der Waals surface area contributed by atoms with E-state index >= 15 is 0 Å². The van der Waals surface area contributed by atoms with Gasteiger partial charge in [-0.1, -0.05) is 12.1 Å². The quantitative estimate of drug-likeness (QED) is 0.586. The molecule has 0 spiro atoms. The zero-order valence-electron chi connectivity index (χ0n) is 16.3. The van der Waals surface area contributed by atoms with E-state index in [1.807, 2.05) is 6.07 Å². The van der Waals surface area contributed by atoms with Crippen molar-refractivity contribution in [2.24, 2.45) is 0 Å². The van der Waals surface area contributed by atoms with Crippen LogP contribution in [0.1, 0.15) is 17.0 Å². The van der Waals surface area contributed by atoms with Gasteiger partial charge < -0.3 is 4.74 Å². The van der Waals surface area contributed by atoms with E-state index in [-0.39, 0.29) is 12.5 Å². The van der Waals surface area contributed by atoms with Gasteiger partial charge >= 0.3 is 0 Å². The number of nitrogens with one attached hydrogen (secondary N) is 1. The van der Waals surface area contributed by atoms with Crippen molar-refractivity contribution >= 4 is 10.0 Å². The summed E-state index contributed by atoms with van der Waals surface area (Å²) in [5.41, 5.74) is 3.55. The molecule has 28 heavy (non-hydrogen) atoms. The Hall–Kier alpha value is -2.63. The predicted octanol–water partition coefficient (Wildman–Crippen LogP) is 3.54. The average Bonchev–Trinajstić information content (AvgIpc) is 3.25. The topological polar surface area (TPSA) is 79.5 Å². The summed E-state index contributed by atoms with van der Waals surface area (Å²) in [5, 5.41) is 20.9. The van der Waals surface area contributed by atoms with Crippen LogP contribution in [0, 0.1) is 17.1 Å². The van der Waals surface area contributed by atoms with Crippen molar-refractivity contribution in [3.8, 4) is 17.3 Å². The molecule has 0 aliphatic carbocycles. The molecule has 2 heterocycles. The van der Waals surface area contributed by atoms with Crippen LogP contribution in [0.4, 0.5) is 4.39 Å². The first-order valence-corrected chi connectivity index (χ1v) is 11.9. The summed E-state index contributed by atoms with van der Waals surface area (Å²) in [4.78, 5) is 0. The molecule has 0 atom stereocenters. The highest BCUT2D eigenvalue weighted by Gasteiger charge is 2.14. The van der Waals surface area contributed by atoms with Crippen LogP contribution in [0.15, 0.2) is 36.5 Å². The van der Waals surface area contributed by atoms with Crippen molar-refractivity contribution in [3.63, 3.8) is 0 Å². The van der Waals surface area contributed by atoms with Crippen LogP contribution < -0.4 is 0 Å². The minimum atomic E-state index is -0.614. The molecule has 1 N–H and O–H groups in total. The minimum Gasteiger partial charge on any atom is -0.358 e. The number of aromatic nitrogens is 4. The minimum absolute atomic E-state index is 0.251. The summed E-state index contributed by atoms with van der Waals surface area (Å²) in [6.45, 7) is 0.894. The second kappa shape index (κ2) is 8.59. The summed E-state index contributed by atoms with van der Waals surface area (Å²) < 4.78 is 20.8. The van der Waals surface area contributed by atoms with Gasteiger partial charge in [-0.25, -0.2) is 19.1 Å². The van der Waals surface area contributed by atoms with Crippen LogP contribution in [0.25, 0.3) is 11.3 Å². The van der Waals surface area contributed by atoms with Gasteiger partial charge in [0.25, 0.3) is 0 Å². The number of H-pyrrole nitrogens is 1. The molecule has 0 fully saturated rings. The lowest BCUT2D eigenvalue weighted by atomic mass is 10.0. The van der Waals surface area contributed by atoms with Gasteiger partial charge in [0.05, 0.1) is 24.2 Å². The Labute approximate surface area is 165 Å². The van der Waals surface area contributed by atoms with Crippen LogP contribution in [0.3, 0.4) is 0 Å². The summed E-state index contributed by atoms with van der Waals surface area (Å²) >= 11 is 0. The lowest BCUT2D eigenvalue weighted by Crippen LogP contribution is -2.12. The third kappa shape index (κ3) is 5.21. The molecule has 2 aromatic heterocycles. The van der Waals surface area contributed by atoms with Gasteiger partial charge in [0.2, 0.25) is 0 Å². The molecule has 0 unspecified atom stereocenters. The number of aromatic amines is 1. The van der Waals surface area contributed by atoms with Crippen LogP contribution in [0.2, 0.25) is 0 Å². The Morgan fingerprint density at radius 1 is 1.29 bits per heavy atom. The molecule has 3 rings (SSSR count). The second-order valence-electron chi connectivity index (χ2n) is 7.42. The number of nitrogens with zero attached hydrogens (tertiary/aromatic N) is 4. The first kappa shape index (κ1) is 20.1. The van der Waals surface area contributed by atoms with E-state index in [0.29, 0.717) is 18.7 Å². The zero-order chi connectivity index (χ0) is 20.1. The summed E-state index contributed by atoms with van der Waals surface area (Å²) in [6, 6.07) is 10.3. The van der Waals surface area contributed by atoms with E-state index in [1.54, 1.807) is 23.0 Å². The van der Waals surface area contributed by atoms with Crippen LogP contribution in [-0.2, 0) is 17.9 Å². The molecule has 6 nitrogen and oxygen atoms in total. The predicted molar refractivity (Wildman–Crippen MR) is 110 cm³/mol. The molecule has 0 amide bonds. The SMILES string of the molecule is CS(C)(C)CCOCn1nc(Cc2cn[nH]c2-c2cccc(F)c2)cc1C#N. The smallest absolute Gasteiger partial charge is 0.141 e. The molecule has 0 bridgehead atoms. The highest BCUT2D eigenvalue weighted by molar-refractivity contribution is 8.32. The number of benzene rings is 1. The van der Waals surface area contributed by atoms with E-state index in [1.165, 1.54) is 12.1 Å². The van der Waals surface area contributed by atoms with E-state index in [0.717, 1.165) is 28.3 Å². The van der Waals surface area contributed by atoms with Gasteiger partial charge in [0.1, 0.15) is 24.3 Å². The first-order valence-electron chi connectivity index (χ1n) is 8.84. The Morgan fingerprint density at radius 2 is 2.11 bits per heavy atom. The lowest BCUT2D eigenvalue weighted by Gasteiger charge is -2.24. The van der Waals surface area contributed by atoms with Gasteiger partial charge in [-0.15, -0.1) is 0 Å². The summed E-state index contributed by atoms with van der Waals surface area (Å²) in [7, 11) is -0.614. The first-order chi connectivity index (χ1) is 13.4. The monoisotopic (exact) mass is 401 g/mol. The zero-order valence-corrected chi connectivity index (χ0v) is 17.1. The Morgan fingerprint density at radius 3 is 2.82 bits per heavy atom. The summed E-state index contributed by atoms with van der Waals surface area (Å²) in [6.07, 6.45) is 8.91. The molecule has 0 saturated carbocycles. The lowest BCUT2D eigenvalue weighted by molar-refractivity contribution is 0.0800. The molecule has 0 aliphatic rings. The van der Waals surface area contributed by atoms with Crippen LogP contribution in [0.5, 0.6) is 0 Å². The van der Waals surface area contributed by atoms with Gasteiger partial charge in [-0.05, 0) is 37.0 Å². The molecule has 3 aromatic rings. The van der Waals surface area contributed by atoms with Gasteiger partial charge in [-0.3, -0.25) is 5.10 Å². The fourth-order valence-corrected chi connectivity index (χ4v) is 3.36. The number of nitriles is 1. The molecule has 1 aromatic carbocycles. The third-order valence-electron chi connectivity index (χ3n) is 4.20. The maximum absolute atomic E-state index is 13.5. The number of hydrogen-bond donors (Lipinski definition) is 1. The fourth-order valence-electron chi connectivity index (χ4n) is 2.74. The molecular weight excluding hydrogens is 377 g/mol. The van der Waals surface area contributed by atoms with E-state index in [4.69, 9.17) is 4.74 Å². The van der Waals surface area contributed by atoms with E-state index in [2.05, 4.69) is 40.1 Å². The van der Waals surface area contributed by atoms with E-state index < -0.39 is 10.0 Å². The standard InChI is InChI=1S/C20H24FN5OS/c1-28(2,3)8-7-27-14-26-19(12-22)11-18(25-26)10-16-13-23-24-20(16)15-5-4-6-17(21)9-15/h4-6,9,11,13H,7-8,10,14H2,1-3H3,(H,23,24).